The molecule has 0 unspecified atom stereocenters. The summed E-state index contributed by atoms with van der Waals surface area (Å²) in [6.07, 6.45) is 6.60. The van der Waals surface area contributed by atoms with E-state index in [9.17, 15) is 0 Å². The molecule has 2 nitrogen and oxygen atoms in total. The summed E-state index contributed by atoms with van der Waals surface area (Å²) in [5, 5.41) is 0. The largest absolute Gasteiger partial charge is 0.328 e. The van der Waals surface area contributed by atoms with E-state index in [4.69, 9.17) is 5.73 Å². The van der Waals surface area contributed by atoms with Crippen molar-refractivity contribution in [2.75, 3.05) is 6.54 Å². The second-order valence-electron chi connectivity index (χ2n) is 7.18. The molecule has 1 aliphatic heterocycles. The highest BCUT2D eigenvalue weighted by atomic mass is 15.3. The molecule has 1 saturated carbocycles. The summed E-state index contributed by atoms with van der Waals surface area (Å²) in [5.74, 6) is 1.03. The number of hydrogen-bond acceptors (Lipinski definition) is 2. The van der Waals surface area contributed by atoms with E-state index < -0.39 is 0 Å². The maximum atomic E-state index is 6.19. The average Bonchev–Trinajstić information content (AvgIpc) is 2.81. The molecule has 0 radical (unpaired) electrons. The monoisotopic (exact) mass is 224 g/mol. The normalized spacial score (nSPS) is 30.6. The van der Waals surface area contributed by atoms with Gasteiger partial charge in [0.2, 0.25) is 0 Å². The van der Waals surface area contributed by atoms with Gasteiger partial charge in [-0.15, -0.1) is 0 Å². The van der Waals surface area contributed by atoms with Crippen LogP contribution in [0, 0.1) is 5.92 Å². The predicted molar refractivity (Wildman–Crippen MR) is 69.4 cm³/mol. The Morgan fingerprint density at radius 2 is 1.56 bits per heavy atom. The van der Waals surface area contributed by atoms with E-state index in [2.05, 4.69) is 32.6 Å². The molecule has 2 aliphatic rings. The lowest BCUT2D eigenvalue weighted by molar-refractivity contribution is -0.0360. The van der Waals surface area contributed by atoms with Crippen LogP contribution in [0.25, 0.3) is 0 Å². The van der Waals surface area contributed by atoms with Crippen LogP contribution < -0.4 is 5.73 Å². The highest BCUT2D eigenvalue weighted by molar-refractivity contribution is 5.01. The Kier molecular flexibility index (Phi) is 3.09. The highest BCUT2D eigenvalue weighted by Gasteiger charge is 2.44. The van der Waals surface area contributed by atoms with E-state index >= 15 is 0 Å². The van der Waals surface area contributed by atoms with Gasteiger partial charge in [0.15, 0.2) is 0 Å². The second-order valence-corrected chi connectivity index (χ2v) is 7.18. The zero-order chi connectivity index (χ0) is 12.0. The van der Waals surface area contributed by atoms with E-state index in [0.717, 1.165) is 18.8 Å². The standard InChI is InChI=1S/C14H28N2/c1-13(2)9-12(15)10-14(3,4)16(13)8-7-11-5-6-11/h11-12H,5-10,15H2,1-4H3. The van der Waals surface area contributed by atoms with Gasteiger partial charge in [-0.25, -0.2) is 0 Å². The fourth-order valence-electron chi connectivity index (χ4n) is 3.72. The molecule has 1 aliphatic carbocycles. The summed E-state index contributed by atoms with van der Waals surface area (Å²) in [4.78, 5) is 2.71. The topological polar surface area (TPSA) is 29.3 Å². The third kappa shape index (κ3) is 2.60. The number of hydrogen-bond donors (Lipinski definition) is 1. The van der Waals surface area contributed by atoms with Gasteiger partial charge in [0.1, 0.15) is 0 Å². The van der Waals surface area contributed by atoms with Gasteiger partial charge in [-0.2, -0.15) is 0 Å². The molecule has 0 aromatic rings. The number of nitrogens with two attached hydrogens (primary N) is 1. The lowest BCUT2D eigenvalue weighted by atomic mass is 9.77. The number of likely N-dealkylation sites (tertiary alicyclic amines) is 1. The molecule has 1 saturated heterocycles. The molecule has 0 aromatic heterocycles. The molecule has 94 valence electrons. The van der Waals surface area contributed by atoms with Gasteiger partial charge < -0.3 is 5.73 Å². The summed E-state index contributed by atoms with van der Waals surface area (Å²) in [6.45, 7) is 10.7. The van der Waals surface area contributed by atoms with Gasteiger partial charge in [0.05, 0.1) is 0 Å². The third-order valence-corrected chi connectivity index (χ3v) is 4.44. The zero-order valence-corrected chi connectivity index (χ0v) is 11.4. The van der Waals surface area contributed by atoms with Crippen molar-refractivity contribution in [3.63, 3.8) is 0 Å². The van der Waals surface area contributed by atoms with Crippen LogP contribution in [0.5, 0.6) is 0 Å². The highest BCUT2D eigenvalue weighted by Crippen LogP contribution is 2.40. The summed E-state index contributed by atoms with van der Waals surface area (Å²) in [7, 11) is 0. The van der Waals surface area contributed by atoms with Crippen molar-refractivity contribution < 1.29 is 0 Å². The molecule has 2 fully saturated rings. The third-order valence-electron chi connectivity index (χ3n) is 4.44. The van der Waals surface area contributed by atoms with Crippen molar-refractivity contribution in [3.8, 4) is 0 Å². The van der Waals surface area contributed by atoms with E-state index in [0.29, 0.717) is 6.04 Å². The van der Waals surface area contributed by atoms with Crippen LogP contribution in [0.1, 0.15) is 59.8 Å². The van der Waals surface area contributed by atoms with E-state index in [1.54, 1.807) is 0 Å². The molecule has 0 atom stereocenters. The van der Waals surface area contributed by atoms with Gasteiger partial charge in [0.25, 0.3) is 0 Å². The molecule has 0 bridgehead atoms. The molecule has 2 heteroatoms. The summed E-state index contributed by atoms with van der Waals surface area (Å²) < 4.78 is 0. The van der Waals surface area contributed by atoms with Crippen LogP contribution in [0.4, 0.5) is 0 Å². The molecule has 0 aromatic carbocycles. The fourth-order valence-corrected chi connectivity index (χ4v) is 3.72. The van der Waals surface area contributed by atoms with Crippen molar-refractivity contribution in [3.05, 3.63) is 0 Å². The summed E-state index contributed by atoms with van der Waals surface area (Å²) in [5.41, 5.74) is 6.74. The number of piperidine rings is 1. The minimum Gasteiger partial charge on any atom is -0.328 e. The van der Waals surface area contributed by atoms with Gasteiger partial charge in [-0.05, 0) is 59.4 Å². The van der Waals surface area contributed by atoms with E-state index in [1.807, 2.05) is 0 Å². The summed E-state index contributed by atoms with van der Waals surface area (Å²) >= 11 is 0. The average molecular weight is 224 g/mol. The lowest BCUT2D eigenvalue weighted by Gasteiger charge is -2.55. The molecule has 1 heterocycles. The van der Waals surface area contributed by atoms with Gasteiger partial charge >= 0.3 is 0 Å². The first kappa shape index (κ1) is 12.4. The van der Waals surface area contributed by atoms with Crippen LogP contribution in [-0.4, -0.2) is 28.6 Å². The predicted octanol–water partition coefficient (Wildman–Crippen LogP) is 2.77. The SMILES string of the molecule is CC1(C)CC(N)CC(C)(C)N1CCC1CC1. The zero-order valence-electron chi connectivity index (χ0n) is 11.4. The number of nitrogens with zero attached hydrogens (tertiary/aromatic N) is 1. The molecule has 16 heavy (non-hydrogen) atoms. The summed E-state index contributed by atoms with van der Waals surface area (Å²) in [6, 6.07) is 0.377. The maximum Gasteiger partial charge on any atom is 0.0173 e. The quantitative estimate of drug-likeness (QED) is 0.798. The van der Waals surface area contributed by atoms with Crippen LogP contribution in [-0.2, 0) is 0 Å². The lowest BCUT2D eigenvalue weighted by Crippen LogP contribution is -2.63. The fraction of sp³-hybridized carbons (Fsp3) is 1.00. The molecular formula is C14H28N2. The Morgan fingerprint density at radius 1 is 1.06 bits per heavy atom. The molecule has 0 amide bonds. The Hall–Kier alpha value is -0.0800. The Morgan fingerprint density at radius 3 is 2.00 bits per heavy atom. The maximum absolute atomic E-state index is 6.19. The number of rotatable bonds is 3. The minimum absolute atomic E-state index is 0.274. The van der Waals surface area contributed by atoms with Crippen molar-refractivity contribution in [1.82, 2.24) is 4.90 Å². The van der Waals surface area contributed by atoms with Crippen LogP contribution >= 0.6 is 0 Å². The Balaban J connectivity index is 2.03. The van der Waals surface area contributed by atoms with Crippen molar-refractivity contribution >= 4 is 0 Å². The van der Waals surface area contributed by atoms with Crippen molar-refractivity contribution in [2.24, 2.45) is 11.7 Å². The molecule has 2 rings (SSSR count). The van der Waals surface area contributed by atoms with Crippen LogP contribution in [0.15, 0.2) is 0 Å². The minimum atomic E-state index is 0.274. The first-order valence-electron chi connectivity index (χ1n) is 6.85. The molecule has 2 N–H and O–H groups in total. The van der Waals surface area contributed by atoms with E-state index in [-0.39, 0.29) is 11.1 Å². The van der Waals surface area contributed by atoms with E-state index in [1.165, 1.54) is 25.8 Å². The van der Waals surface area contributed by atoms with Gasteiger partial charge in [0, 0.05) is 17.1 Å². The Bertz CT molecular complexity index is 235. The van der Waals surface area contributed by atoms with Gasteiger partial charge in [-0.3, -0.25) is 4.90 Å². The van der Waals surface area contributed by atoms with Crippen molar-refractivity contribution in [2.45, 2.75) is 76.9 Å². The van der Waals surface area contributed by atoms with Crippen LogP contribution in [0.2, 0.25) is 0 Å². The first-order chi connectivity index (χ1) is 7.31. The first-order valence-corrected chi connectivity index (χ1v) is 6.85. The van der Waals surface area contributed by atoms with Crippen molar-refractivity contribution in [1.29, 1.82) is 0 Å². The Labute approximate surface area is 101 Å². The van der Waals surface area contributed by atoms with Gasteiger partial charge in [-0.1, -0.05) is 12.8 Å². The second kappa shape index (κ2) is 3.99. The van der Waals surface area contributed by atoms with Crippen LogP contribution in [0.3, 0.4) is 0 Å². The smallest absolute Gasteiger partial charge is 0.0173 e. The molecule has 0 spiro atoms. The molecular weight excluding hydrogens is 196 g/mol.